The number of likely N-dealkylation sites (N-methyl/N-ethyl adjacent to an activating group) is 1. The highest BCUT2D eigenvalue weighted by Gasteiger charge is 2.44. The molecule has 236 valence electrons. The van der Waals surface area contributed by atoms with E-state index in [1.54, 1.807) is 0 Å². The monoisotopic (exact) mass is 608 g/mol. The fourth-order valence-electron chi connectivity index (χ4n) is 6.89. The summed E-state index contributed by atoms with van der Waals surface area (Å²) in [7, 11) is 0. The number of amides is 2. The van der Waals surface area contributed by atoms with Crippen molar-refractivity contribution in [3.63, 3.8) is 0 Å². The first kappa shape index (κ1) is 32.1. The van der Waals surface area contributed by atoms with Crippen LogP contribution in [0.3, 0.4) is 0 Å². The number of para-hydroxylation sites is 1. The third kappa shape index (κ3) is 6.31. The number of hydrogen-bond donors (Lipinski definition) is 0. The van der Waals surface area contributed by atoms with Gasteiger partial charge in [0, 0.05) is 66.7 Å². The van der Waals surface area contributed by atoms with Gasteiger partial charge in [-0.2, -0.15) is 4.58 Å². The van der Waals surface area contributed by atoms with Crippen LogP contribution < -0.4 is 4.90 Å². The summed E-state index contributed by atoms with van der Waals surface area (Å²) in [6.45, 7) is 15.3. The summed E-state index contributed by atoms with van der Waals surface area (Å²) in [4.78, 5) is 43.0. The van der Waals surface area contributed by atoms with Gasteiger partial charge in [0.25, 0.3) is 11.8 Å². The van der Waals surface area contributed by atoms with Crippen LogP contribution in [0.5, 0.6) is 0 Å². The zero-order chi connectivity index (χ0) is 32.4. The molecule has 2 aromatic carbocycles. The van der Waals surface area contributed by atoms with E-state index >= 15 is 0 Å². The van der Waals surface area contributed by atoms with Gasteiger partial charge in [-0.3, -0.25) is 9.59 Å². The highest BCUT2D eigenvalue weighted by atomic mass is 16.7. The van der Waals surface area contributed by atoms with Crippen LogP contribution in [0.15, 0.2) is 78.5 Å². The van der Waals surface area contributed by atoms with Crippen LogP contribution in [0.1, 0.15) is 89.8 Å². The minimum absolute atomic E-state index is 0.0637. The summed E-state index contributed by atoms with van der Waals surface area (Å²) in [5, 5.41) is 0.623. The average molecular weight is 609 g/mol. The minimum atomic E-state index is -0.537. The first-order chi connectivity index (χ1) is 21.5. The standard InChI is InChI=1S/C38H46N3O4/c1-7-39-31-22-21-27(2)26-29(31)38(5,6)32(39)18-10-8-11-19-33-37(3,4)28-16-13-14-17-30(28)40(33)25-15-9-12-20-36(44)45-41-34(42)23-24-35(41)43/h8,10-11,13-14,16-19,21-22,26H,7,9,12,15,20,23-25H2,1-6H3/q+1. The van der Waals surface area contributed by atoms with E-state index in [1.165, 1.54) is 39.5 Å². The Morgan fingerprint density at radius 3 is 2.38 bits per heavy atom. The van der Waals surface area contributed by atoms with Crippen LogP contribution in [0, 0.1) is 6.92 Å². The van der Waals surface area contributed by atoms with Crippen molar-refractivity contribution in [1.82, 2.24) is 5.06 Å². The third-order valence-corrected chi connectivity index (χ3v) is 9.35. The van der Waals surface area contributed by atoms with Gasteiger partial charge >= 0.3 is 5.97 Å². The van der Waals surface area contributed by atoms with Crippen molar-refractivity contribution in [3.8, 4) is 0 Å². The predicted molar refractivity (Wildman–Crippen MR) is 178 cm³/mol. The van der Waals surface area contributed by atoms with Crippen LogP contribution in [-0.4, -0.2) is 46.2 Å². The molecule has 3 aliphatic rings. The predicted octanol–water partition coefficient (Wildman–Crippen LogP) is 7.35. The van der Waals surface area contributed by atoms with Gasteiger partial charge < -0.3 is 9.74 Å². The molecule has 0 N–H and O–H groups in total. The van der Waals surface area contributed by atoms with E-state index in [2.05, 4.69) is 124 Å². The Balaban J connectivity index is 1.26. The Kier molecular flexibility index (Phi) is 9.28. The number of nitrogens with zero attached hydrogens (tertiary/aromatic N) is 3. The van der Waals surface area contributed by atoms with Gasteiger partial charge in [-0.1, -0.05) is 68.0 Å². The molecule has 0 aliphatic carbocycles. The number of hydroxylamine groups is 2. The molecule has 0 spiro atoms. The molecular formula is C38H46N3O4+. The molecule has 45 heavy (non-hydrogen) atoms. The van der Waals surface area contributed by atoms with Crippen LogP contribution in [0.25, 0.3) is 0 Å². The first-order valence-electron chi connectivity index (χ1n) is 16.2. The van der Waals surface area contributed by atoms with Crippen molar-refractivity contribution in [1.29, 1.82) is 0 Å². The summed E-state index contributed by atoms with van der Waals surface area (Å²) < 4.78 is 2.40. The van der Waals surface area contributed by atoms with Crippen LogP contribution in [0.4, 0.5) is 11.4 Å². The molecule has 0 atom stereocenters. The van der Waals surface area contributed by atoms with Gasteiger partial charge in [-0.05, 0) is 58.2 Å². The Hall–Kier alpha value is -4.26. The SMILES string of the molecule is CCN1/C(=C/C=C/C=C/C2=[N+](CCCCCC(=O)ON3C(=O)CCC3=O)c3ccccc3C2(C)C)C(C)(C)c2cc(C)ccc21. The molecule has 3 heterocycles. The van der Waals surface area contributed by atoms with Crippen LogP contribution in [0.2, 0.25) is 0 Å². The lowest BCUT2D eigenvalue weighted by atomic mass is 9.81. The minimum Gasteiger partial charge on any atom is -0.344 e. The summed E-state index contributed by atoms with van der Waals surface area (Å²) >= 11 is 0. The summed E-state index contributed by atoms with van der Waals surface area (Å²) in [5.74, 6) is -1.43. The number of imide groups is 1. The maximum absolute atomic E-state index is 12.2. The Morgan fingerprint density at radius 1 is 0.911 bits per heavy atom. The topological polar surface area (TPSA) is 69.9 Å². The van der Waals surface area contributed by atoms with Crippen molar-refractivity contribution in [2.24, 2.45) is 0 Å². The zero-order valence-corrected chi connectivity index (χ0v) is 27.6. The molecule has 2 aromatic rings. The van der Waals surface area contributed by atoms with E-state index < -0.39 is 17.8 Å². The number of rotatable bonds is 11. The highest BCUT2D eigenvalue weighted by molar-refractivity contribution is 6.03. The summed E-state index contributed by atoms with van der Waals surface area (Å²) in [6, 6.07) is 15.3. The number of fused-ring (bicyclic) bond motifs is 2. The Bertz CT molecular complexity index is 1610. The van der Waals surface area contributed by atoms with E-state index in [9.17, 15) is 14.4 Å². The van der Waals surface area contributed by atoms with Crippen LogP contribution >= 0.6 is 0 Å². The maximum atomic E-state index is 12.2. The molecule has 7 heteroatoms. The number of hydrogen-bond acceptors (Lipinski definition) is 5. The van der Waals surface area contributed by atoms with Crippen molar-refractivity contribution in [3.05, 3.63) is 95.2 Å². The van der Waals surface area contributed by atoms with Crippen molar-refractivity contribution < 1.29 is 23.8 Å². The molecule has 1 saturated heterocycles. The van der Waals surface area contributed by atoms with Crippen molar-refractivity contribution in [2.75, 3.05) is 18.0 Å². The number of anilines is 1. The van der Waals surface area contributed by atoms with Gasteiger partial charge in [0.2, 0.25) is 5.69 Å². The molecule has 0 bridgehead atoms. The van der Waals surface area contributed by atoms with E-state index in [0.717, 1.165) is 25.9 Å². The molecule has 0 saturated carbocycles. The second-order valence-electron chi connectivity index (χ2n) is 13.2. The summed E-state index contributed by atoms with van der Waals surface area (Å²) in [5.41, 5.74) is 8.83. The number of benzene rings is 2. The zero-order valence-electron chi connectivity index (χ0n) is 27.6. The molecular weight excluding hydrogens is 562 g/mol. The Labute approximate surface area is 267 Å². The fourth-order valence-corrected chi connectivity index (χ4v) is 6.89. The number of carbonyl (C=O) groups excluding carboxylic acids is 3. The molecule has 0 radical (unpaired) electrons. The van der Waals surface area contributed by atoms with Crippen molar-refractivity contribution >= 4 is 34.9 Å². The van der Waals surface area contributed by atoms with Crippen molar-refractivity contribution in [2.45, 2.75) is 90.9 Å². The smallest absolute Gasteiger partial charge is 0.333 e. The molecule has 0 aromatic heterocycles. The van der Waals surface area contributed by atoms with Gasteiger partial charge in [0.15, 0.2) is 5.71 Å². The quantitative estimate of drug-likeness (QED) is 0.115. The maximum Gasteiger partial charge on any atom is 0.333 e. The number of carbonyl (C=O) groups is 3. The average Bonchev–Trinajstić information content (AvgIpc) is 3.52. The lowest BCUT2D eigenvalue weighted by Gasteiger charge is -2.25. The number of allylic oxidation sites excluding steroid dienone is 6. The molecule has 1 fully saturated rings. The first-order valence-corrected chi connectivity index (χ1v) is 16.2. The normalized spacial score (nSPS) is 19.5. The van der Waals surface area contributed by atoms with E-state index in [-0.39, 0.29) is 30.1 Å². The lowest BCUT2D eigenvalue weighted by molar-refractivity contribution is -0.438. The largest absolute Gasteiger partial charge is 0.344 e. The second kappa shape index (κ2) is 13.0. The highest BCUT2D eigenvalue weighted by Crippen LogP contribution is 2.48. The number of aryl methyl sites for hydroxylation is 1. The fraction of sp³-hybridized carbons (Fsp3) is 0.421. The molecule has 2 amide bonds. The van der Waals surface area contributed by atoms with Crippen LogP contribution in [-0.2, 0) is 30.1 Å². The molecule has 3 aliphatic heterocycles. The number of unbranched alkanes of at least 4 members (excludes halogenated alkanes) is 2. The van der Waals surface area contributed by atoms with Gasteiger partial charge in [-0.15, -0.1) is 5.06 Å². The van der Waals surface area contributed by atoms with E-state index in [4.69, 9.17) is 4.84 Å². The third-order valence-electron chi connectivity index (χ3n) is 9.35. The van der Waals surface area contributed by atoms with E-state index in [0.29, 0.717) is 11.5 Å². The van der Waals surface area contributed by atoms with Gasteiger partial charge in [-0.25, -0.2) is 4.79 Å². The Morgan fingerprint density at radius 2 is 1.64 bits per heavy atom. The summed E-state index contributed by atoms with van der Waals surface area (Å²) in [6.07, 6.45) is 13.6. The second-order valence-corrected chi connectivity index (χ2v) is 13.2. The molecule has 0 unspecified atom stereocenters. The van der Waals surface area contributed by atoms with Gasteiger partial charge in [0.1, 0.15) is 6.54 Å². The molecule has 7 nitrogen and oxygen atoms in total. The lowest BCUT2D eigenvalue weighted by Crippen LogP contribution is -2.31. The van der Waals surface area contributed by atoms with E-state index in [1.807, 2.05) is 0 Å². The molecule has 5 rings (SSSR count). The van der Waals surface area contributed by atoms with Gasteiger partial charge in [0.05, 0.1) is 5.41 Å².